The van der Waals surface area contributed by atoms with Gasteiger partial charge >= 0.3 is 39.5 Å². The molecule has 0 aromatic carbocycles. The summed E-state index contributed by atoms with van der Waals surface area (Å²) in [5.41, 5.74) is 0. The number of hydrogen-bond acceptors (Lipinski definition) is 15. The number of esters is 4. The molecular formula is C85H166O17P2. The Morgan fingerprint density at radius 1 is 0.269 bits per heavy atom. The maximum Gasteiger partial charge on any atom is 0.472 e. The minimum atomic E-state index is -4.96. The first-order chi connectivity index (χ1) is 50.6. The summed E-state index contributed by atoms with van der Waals surface area (Å²) in [5.74, 6) is -1.30. The number of rotatable bonds is 85. The quantitative estimate of drug-likeness (QED) is 0.0222. The number of phosphoric ester groups is 2. The molecule has 17 nitrogen and oxygen atoms in total. The van der Waals surface area contributed by atoms with Crippen LogP contribution < -0.4 is 0 Å². The molecule has 618 valence electrons. The van der Waals surface area contributed by atoms with E-state index < -0.39 is 97.5 Å². The molecule has 104 heavy (non-hydrogen) atoms. The Kier molecular flexibility index (Phi) is 76.3. The van der Waals surface area contributed by atoms with Gasteiger partial charge in [0.25, 0.3) is 0 Å². The van der Waals surface area contributed by atoms with Gasteiger partial charge in [-0.3, -0.25) is 37.3 Å². The molecule has 0 amide bonds. The zero-order chi connectivity index (χ0) is 76.2. The van der Waals surface area contributed by atoms with Crippen molar-refractivity contribution in [3.8, 4) is 0 Å². The molecule has 0 spiro atoms. The SMILES string of the molecule is CCCCCCCCCCCCCCCCCCCCCCC(=O)O[C@H](COC(=O)CCCCCCCCCCCCCCCCCCC)COP(=O)(O)OC[C@@H](O)COP(=O)(O)OC[C@@H](COC(=O)CCCCCCCCCCCCCCC)OC(=O)CCCCCCCCCCCCC(C)CC. The number of aliphatic hydroxyl groups excluding tert-OH is 1. The largest absolute Gasteiger partial charge is 0.472 e. The molecular weight excluding hydrogens is 1350 g/mol. The second kappa shape index (κ2) is 77.8. The van der Waals surface area contributed by atoms with E-state index in [0.29, 0.717) is 25.7 Å². The third-order valence-corrected chi connectivity index (χ3v) is 22.3. The van der Waals surface area contributed by atoms with Gasteiger partial charge in [0.1, 0.15) is 19.3 Å². The topological polar surface area (TPSA) is 237 Å². The van der Waals surface area contributed by atoms with Crippen LogP contribution in [0.15, 0.2) is 0 Å². The molecule has 0 bridgehead atoms. The fraction of sp³-hybridized carbons (Fsp3) is 0.953. The van der Waals surface area contributed by atoms with Crippen LogP contribution in [0.1, 0.15) is 458 Å². The number of aliphatic hydroxyl groups is 1. The molecule has 0 radical (unpaired) electrons. The molecule has 0 heterocycles. The first kappa shape index (κ1) is 102. The minimum absolute atomic E-state index is 0.107. The second-order valence-electron chi connectivity index (χ2n) is 30.8. The molecule has 0 aromatic rings. The Morgan fingerprint density at radius 2 is 0.462 bits per heavy atom. The minimum Gasteiger partial charge on any atom is -0.462 e. The zero-order valence-corrected chi connectivity index (χ0v) is 70.0. The third-order valence-electron chi connectivity index (χ3n) is 20.4. The second-order valence-corrected chi connectivity index (χ2v) is 33.7. The number of hydrogen-bond donors (Lipinski definition) is 3. The van der Waals surface area contributed by atoms with E-state index >= 15 is 0 Å². The molecule has 0 aromatic heterocycles. The molecule has 19 heteroatoms. The van der Waals surface area contributed by atoms with Crippen LogP contribution in [0.3, 0.4) is 0 Å². The number of ether oxygens (including phenoxy) is 4. The lowest BCUT2D eigenvalue weighted by molar-refractivity contribution is -0.161. The summed E-state index contributed by atoms with van der Waals surface area (Å²) in [7, 11) is -9.93. The molecule has 0 saturated heterocycles. The van der Waals surface area contributed by atoms with Crippen LogP contribution in [0.2, 0.25) is 0 Å². The lowest BCUT2D eigenvalue weighted by atomic mass is 9.99. The highest BCUT2D eigenvalue weighted by molar-refractivity contribution is 7.47. The van der Waals surface area contributed by atoms with Crippen molar-refractivity contribution in [3.05, 3.63) is 0 Å². The summed E-state index contributed by atoms with van der Waals surface area (Å²) in [4.78, 5) is 73.2. The van der Waals surface area contributed by atoms with Crippen molar-refractivity contribution in [2.75, 3.05) is 39.6 Å². The Bertz CT molecular complexity index is 1980. The zero-order valence-electron chi connectivity index (χ0n) is 68.2. The Hall–Kier alpha value is -1.94. The van der Waals surface area contributed by atoms with Gasteiger partial charge in [-0.15, -0.1) is 0 Å². The van der Waals surface area contributed by atoms with Crippen LogP contribution in [0.5, 0.6) is 0 Å². The van der Waals surface area contributed by atoms with Gasteiger partial charge < -0.3 is 33.8 Å². The molecule has 0 aliphatic heterocycles. The molecule has 0 rings (SSSR count). The summed E-state index contributed by atoms with van der Waals surface area (Å²) in [5, 5.41) is 10.7. The van der Waals surface area contributed by atoms with Crippen LogP contribution in [-0.4, -0.2) is 96.7 Å². The van der Waals surface area contributed by atoms with Gasteiger partial charge in [0, 0.05) is 25.7 Å². The smallest absolute Gasteiger partial charge is 0.462 e. The van der Waals surface area contributed by atoms with Crippen molar-refractivity contribution in [1.29, 1.82) is 0 Å². The summed E-state index contributed by atoms with van der Waals surface area (Å²) in [6.45, 7) is 7.39. The maximum absolute atomic E-state index is 13.1. The maximum atomic E-state index is 13.1. The fourth-order valence-electron chi connectivity index (χ4n) is 13.3. The Morgan fingerprint density at radius 3 is 0.683 bits per heavy atom. The standard InChI is InChI=1S/C85H166O17P2/c1-6-10-13-16-19-22-25-28-30-32-33-34-36-38-41-44-50-55-60-65-70-84(89)101-80(74-96-83(88)69-64-59-54-49-43-40-37-35-31-29-26-23-20-17-14-11-7-2)76-99-103(91,92)97-72-79(86)73-98-104(93,94)100-77-81(75-95-82(87)68-63-58-53-48-42-39-27-24-21-18-15-12-8-3)102-85(90)71-66-61-56-51-46-45-47-52-57-62-67-78(5)9-4/h78-81,86H,6-77H2,1-5H3,(H,91,92)(H,93,94)/t78?,79-,80-,81-/m1/s1. The van der Waals surface area contributed by atoms with Gasteiger partial charge in [-0.2, -0.15) is 0 Å². The molecule has 0 saturated carbocycles. The van der Waals surface area contributed by atoms with Crippen LogP contribution in [0.4, 0.5) is 0 Å². The molecule has 0 fully saturated rings. The van der Waals surface area contributed by atoms with Crippen molar-refractivity contribution < 1.29 is 80.2 Å². The summed E-state index contributed by atoms with van der Waals surface area (Å²) in [6, 6.07) is 0. The predicted octanol–water partition coefficient (Wildman–Crippen LogP) is 26.0. The van der Waals surface area contributed by atoms with E-state index in [0.717, 1.165) is 95.8 Å². The third kappa shape index (κ3) is 76.8. The van der Waals surface area contributed by atoms with E-state index in [2.05, 4.69) is 34.6 Å². The van der Waals surface area contributed by atoms with E-state index in [1.165, 1.54) is 283 Å². The van der Waals surface area contributed by atoms with Crippen LogP contribution in [0, 0.1) is 5.92 Å². The Labute approximate surface area is 638 Å². The number of phosphoric acid groups is 2. The molecule has 0 aliphatic rings. The van der Waals surface area contributed by atoms with Crippen LogP contribution >= 0.6 is 15.6 Å². The number of carbonyl (C=O) groups excluding carboxylic acids is 4. The average molecular weight is 1520 g/mol. The lowest BCUT2D eigenvalue weighted by Gasteiger charge is -2.21. The van der Waals surface area contributed by atoms with Crippen LogP contribution in [0.25, 0.3) is 0 Å². The van der Waals surface area contributed by atoms with E-state index in [-0.39, 0.29) is 25.7 Å². The van der Waals surface area contributed by atoms with E-state index in [1.54, 1.807) is 0 Å². The lowest BCUT2D eigenvalue weighted by Crippen LogP contribution is -2.30. The average Bonchev–Trinajstić information content (AvgIpc) is 0.906. The van der Waals surface area contributed by atoms with Crippen molar-refractivity contribution in [1.82, 2.24) is 0 Å². The van der Waals surface area contributed by atoms with Gasteiger partial charge in [0.15, 0.2) is 12.2 Å². The Balaban J connectivity index is 5.26. The first-order valence-electron chi connectivity index (χ1n) is 44.2. The van der Waals surface area contributed by atoms with Gasteiger partial charge in [-0.1, -0.05) is 407 Å². The van der Waals surface area contributed by atoms with E-state index in [1.807, 2.05) is 0 Å². The number of unbranched alkanes of at least 4 members (excludes halogenated alkanes) is 56. The van der Waals surface area contributed by atoms with Crippen LogP contribution in [-0.2, 0) is 65.4 Å². The van der Waals surface area contributed by atoms with Gasteiger partial charge in [-0.05, 0) is 31.6 Å². The highest BCUT2D eigenvalue weighted by Gasteiger charge is 2.30. The van der Waals surface area contributed by atoms with E-state index in [4.69, 9.17) is 37.0 Å². The molecule has 3 unspecified atom stereocenters. The monoisotopic (exact) mass is 1520 g/mol. The fourth-order valence-corrected chi connectivity index (χ4v) is 14.8. The van der Waals surface area contributed by atoms with Gasteiger partial charge in [-0.25, -0.2) is 9.13 Å². The van der Waals surface area contributed by atoms with E-state index in [9.17, 15) is 43.2 Å². The summed E-state index contributed by atoms with van der Waals surface area (Å²) >= 11 is 0. The van der Waals surface area contributed by atoms with Crippen molar-refractivity contribution >= 4 is 39.5 Å². The predicted molar refractivity (Wildman–Crippen MR) is 428 cm³/mol. The molecule has 3 N–H and O–H groups in total. The van der Waals surface area contributed by atoms with Gasteiger partial charge in [0.2, 0.25) is 0 Å². The summed E-state index contributed by atoms with van der Waals surface area (Å²) < 4.78 is 68.9. The van der Waals surface area contributed by atoms with Crippen molar-refractivity contribution in [3.63, 3.8) is 0 Å². The highest BCUT2D eigenvalue weighted by atomic mass is 31.2. The summed E-state index contributed by atoms with van der Waals surface area (Å²) in [6.07, 6.45) is 70.6. The molecule has 6 atom stereocenters. The molecule has 0 aliphatic carbocycles. The highest BCUT2D eigenvalue weighted by Crippen LogP contribution is 2.45. The van der Waals surface area contributed by atoms with Gasteiger partial charge in [0.05, 0.1) is 26.4 Å². The van der Waals surface area contributed by atoms with Crippen molar-refractivity contribution in [2.24, 2.45) is 5.92 Å². The van der Waals surface area contributed by atoms with Crippen molar-refractivity contribution in [2.45, 2.75) is 477 Å². The normalized spacial score (nSPS) is 14.0. The first-order valence-corrected chi connectivity index (χ1v) is 47.2. The number of carbonyl (C=O) groups is 4.